The highest BCUT2D eigenvalue weighted by Gasteiger charge is 2.15. The van der Waals surface area contributed by atoms with Crippen LogP contribution < -0.4 is 10.6 Å². The van der Waals surface area contributed by atoms with Gasteiger partial charge in [-0.25, -0.2) is 17.8 Å². The van der Waals surface area contributed by atoms with E-state index in [9.17, 15) is 12.8 Å². The van der Waals surface area contributed by atoms with Crippen molar-refractivity contribution in [1.82, 2.24) is 15.5 Å². The zero-order chi connectivity index (χ0) is 23.0. The first-order chi connectivity index (χ1) is 14.6. The second-order valence-corrected chi connectivity index (χ2v) is 10.1. The smallest absolute Gasteiger partial charge is 0.191 e. The molecule has 2 aromatic rings. The van der Waals surface area contributed by atoms with E-state index in [1.165, 1.54) is 35.6 Å². The summed E-state index contributed by atoms with van der Waals surface area (Å²) in [5.41, 5.74) is 3.53. The summed E-state index contributed by atoms with van der Waals surface area (Å²) < 4.78 is 37.2. The van der Waals surface area contributed by atoms with Gasteiger partial charge in [0.15, 0.2) is 15.8 Å². The summed E-state index contributed by atoms with van der Waals surface area (Å²) >= 11 is 0. The topological polar surface area (TPSA) is 73.8 Å². The van der Waals surface area contributed by atoms with Crippen molar-refractivity contribution < 1.29 is 12.8 Å². The molecule has 0 saturated heterocycles. The van der Waals surface area contributed by atoms with Crippen LogP contribution >= 0.6 is 0 Å². The fourth-order valence-electron chi connectivity index (χ4n) is 3.25. The van der Waals surface area contributed by atoms with Crippen LogP contribution in [0.25, 0.3) is 0 Å². The van der Waals surface area contributed by atoms with Crippen molar-refractivity contribution in [2.45, 2.75) is 32.2 Å². The molecule has 0 aliphatic carbocycles. The monoisotopic (exact) mass is 448 g/mol. The van der Waals surface area contributed by atoms with Crippen molar-refractivity contribution in [3.8, 4) is 0 Å². The van der Waals surface area contributed by atoms with Crippen LogP contribution in [-0.4, -0.2) is 52.7 Å². The summed E-state index contributed by atoms with van der Waals surface area (Å²) in [4.78, 5) is 6.71. The number of rotatable bonds is 9. The van der Waals surface area contributed by atoms with E-state index in [0.29, 0.717) is 30.2 Å². The number of nitrogens with zero attached hydrogens (tertiary/aromatic N) is 2. The summed E-state index contributed by atoms with van der Waals surface area (Å²) in [7, 11) is 0.823. The SMILES string of the molecule is CCNC(=NCc1cc(F)ccc1CS(C)(=O)=O)NCC(c1ccc(C)cc1)N(C)C. The number of hydrogen-bond acceptors (Lipinski definition) is 4. The molecule has 0 aliphatic rings. The normalized spacial score (nSPS) is 13.3. The van der Waals surface area contributed by atoms with Crippen LogP contribution in [0.15, 0.2) is 47.5 Å². The van der Waals surface area contributed by atoms with Gasteiger partial charge in [0.25, 0.3) is 0 Å². The molecule has 8 heteroatoms. The standard InChI is InChI=1S/C23H33FN4O2S/c1-6-25-23(27-15-22(28(3)4)18-9-7-17(2)8-10-18)26-14-20-13-21(24)12-11-19(20)16-31(5,29)30/h7-13,22H,6,14-16H2,1-5H3,(H2,25,26,27). The van der Waals surface area contributed by atoms with Crippen LogP contribution in [0.1, 0.15) is 35.2 Å². The lowest BCUT2D eigenvalue weighted by Gasteiger charge is -2.26. The number of guanidine groups is 1. The minimum Gasteiger partial charge on any atom is -0.357 e. The molecule has 0 aromatic heterocycles. The maximum absolute atomic E-state index is 13.8. The third kappa shape index (κ3) is 8.30. The first-order valence-corrected chi connectivity index (χ1v) is 12.3. The number of benzene rings is 2. The van der Waals surface area contributed by atoms with Crippen LogP contribution in [0, 0.1) is 12.7 Å². The van der Waals surface area contributed by atoms with Gasteiger partial charge in [-0.3, -0.25) is 0 Å². The summed E-state index contributed by atoms with van der Waals surface area (Å²) in [5.74, 6) is 0.0431. The molecule has 0 bridgehead atoms. The highest BCUT2D eigenvalue weighted by molar-refractivity contribution is 7.89. The lowest BCUT2D eigenvalue weighted by Crippen LogP contribution is -2.41. The highest BCUT2D eigenvalue weighted by Crippen LogP contribution is 2.18. The Labute approximate surface area is 185 Å². The second-order valence-electron chi connectivity index (χ2n) is 7.95. The molecule has 170 valence electrons. The Morgan fingerprint density at radius 3 is 2.35 bits per heavy atom. The van der Waals surface area contributed by atoms with Crippen molar-refractivity contribution >= 4 is 15.8 Å². The molecule has 6 nitrogen and oxygen atoms in total. The summed E-state index contributed by atoms with van der Waals surface area (Å²) in [6.07, 6.45) is 1.17. The second kappa shape index (κ2) is 11.2. The molecule has 1 atom stereocenters. The minimum atomic E-state index is -3.23. The largest absolute Gasteiger partial charge is 0.357 e. The molecule has 31 heavy (non-hydrogen) atoms. The van der Waals surface area contributed by atoms with Gasteiger partial charge in [-0.05, 0) is 56.8 Å². The number of sulfone groups is 1. The van der Waals surface area contributed by atoms with Gasteiger partial charge in [-0.2, -0.15) is 0 Å². The van der Waals surface area contributed by atoms with E-state index in [-0.39, 0.29) is 18.3 Å². The molecular formula is C23H33FN4O2S. The van der Waals surface area contributed by atoms with Crippen molar-refractivity contribution in [3.05, 3.63) is 70.5 Å². The van der Waals surface area contributed by atoms with Crippen LogP contribution in [0.5, 0.6) is 0 Å². The molecule has 0 heterocycles. The van der Waals surface area contributed by atoms with Gasteiger partial charge in [-0.1, -0.05) is 35.9 Å². The molecule has 0 saturated carbocycles. The molecule has 2 rings (SSSR count). The third-order valence-corrected chi connectivity index (χ3v) is 5.72. The van der Waals surface area contributed by atoms with Crippen molar-refractivity contribution in [3.63, 3.8) is 0 Å². The Balaban J connectivity index is 2.18. The number of halogens is 1. The van der Waals surface area contributed by atoms with Gasteiger partial charge < -0.3 is 15.5 Å². The molecule has 1 unspecified atom stereocenters. The first kappa shape index (κ1) is 24.8. The Kier molecular flexibility index (Phi) is 9.00. The number of hydrogen-bond donors (Lipinski definition) is 2. The molecule has 0 radical (unpaired) electrons. The Bertz CT molecular complexity index is 989. The molecule has 2 aromatic carbocycles. The van der Waals surface area contributed by atoms with Crippen molar-refractivity contribution in [2.24, 2.45) is 4.99 Å². The predicted molar refractivity (Wildman–Crippen MR) is 125 cm³/mol. The maximum Gasteiger partial charge on any atom is 0.191 e. The van der Waals surface area contributed by atoms with Crippen LogP contribution in [0.2, 0.25) is 0 Å². The number of aryl methyl sites for hydroxylation is 1. The third-order valence-electron chi connectivity index (χ3n) is 4.89. The predicted octanol–water partition coefficient (Wildman–Crippen LogP) is 3.04. The van der Waals surface area contributed by atoms with Gasteiger partial charge in [0.05, 0.1) is 18.3 Å². The van der Waals surface area contributed by atoms with Crippen LogP contribution in [-0.2, 0) is 22.1 Å². The van der Waals surface area contributed by atoms with Gasteiger partial charge in [0.1, 0.15) is 5.82 Å². The van der Waals surface area contributed by atoms with E-state index in [1.807, 2.05) is 21.0 Å². The number of aliphatic imine (C=N–C) groups is 1. The molecule has 0 fully saturated rings. The van der Waals surface area contributed by atoms with Crippen molar-refractivity contribution in [1.29, 1.82) is 0 Å². The maximum atomic E-state index is 13.8. The Morgan fingerprint density at radius 1 is 1.10 bits per heavy atom. The highest BCUT2D eigenvalue weighted by atomic mass is 32.2. The number of likely N-dealkylation sites (N-methyl/N-ethyl adjacent to an activating group) is 1. The quantitative estimate of drug-likeness (QED) is 0.456. The fraction of sp³-hybridized carbons (Fsp3) is 0.435. The van der Waals surface area contributed by atoms with E-state index in [2.05, 4.69) is 51.7 Å². The Hall–Kier alpha value is -2.45. The first-order valence-electron chi connectivity index (χ1n) is 10.3. The molecule has 0 amide bonds. The fourth-order valence-corrected chi connectivity index (χ4v) is 4.10. The average Bonchev–Trinajstić information content (AvgIpc) is 2.68. The van der Waals surface area contributed by atoms with Crippen LogP contribution in [0.3, 0.4) is 0 Å². The van der Waals surface area contributed by atoms with Gasteiger partial charge in [-0.15, -0.1) is 0 Å². The van der Waals surface area contributed by atoms with E-state index < -0.39 is 15.7 Å². The summed E-state index contributed by atoms with van der Waals surface area (Å²) in [6, 6.07) is 12.7. The molecular weight excluding hydrogens is 415 g/mol. The molecule has 2 N–H and O–H groups in total. The van der Waals surface area contributed by atoms with Crippen molar-refractivity contribution in [2.75, 3.05) is 33.4 Å². The van der Waals surface area contributed by atoms with Gasteiger partial charge in [0.2, 0.25) is 0 Å². The van der Waals surface area contributed by atoms with E-state index in [1.54, 1.807) is 0 Å². The Morgan fingerprint density at radius 2 is 1.77 bits per heavy atom. The summed E-state index contributed by atoms with van der Waals surface area (Å²) in [5, 5.41) is 6.55. The zero-order valence-electron chi connectivity index (χ0n) is 18.9. The number of nitrogens with one attached hydrogen (secondary N) is 2. The lowest BCUT2D eigenvalue weighted by atomic mass is 10.0. The van der Waals surface area contributed by atoms with E-state index in [4.69, 9.17) is 0 Å². The summed E-state index contributed by atoms with van der Waals surface area (Å²) in [6.45, 7) is 5.50. The molecule has 0 aliphatic heterocycles. The zero-order valence-corrected chi connectivity index (χ0v) is 19.8. The molecule has 0 spiro atoms. The van der Waals surface area contributed by atoms with Gasteiger partial charge in [0, 0.05) is 19.3 Å². The minimum absolute atomic E-state index is 0.138. The van der Waals surface area contributed by atoms with E-state index in [0.717, 1.165) is 0 Å². The lowest BCUT2D eigenvalue weighted by molar-refractivity contribution is 0.298. The van der Waals surface area contributed by atoms with Gasteiger partial charge >= 0.3 is 0 Å². The average molecular weight is 449 g/mol. The van der Waals surface area contributed by atoms with E-state index >= 15 is 0 Å². The van der Waals surface area contributed by atoms with Crippen LogP contribution in [0.4, 0.5) is 4.39 Å².